The number of benzene rings is 1. The number of thiophene rings is 1. The fourth-order valence-electron chi connectivity index (χ4n) is 1.69. The van der Waals surface area contributed by atoms with Gasteiger partial charge in [-0.05, 0) is 17.0 Å². The summed E-state index contributed by atoms with van der Waals surface area (Å²) >= 11 is 1.52. The standard InChI is InChI=1S/C16H15N3S/c1-12(10-17)15-8-9-20-16(15)19-13(2)18-11-14-6-4-3-5-7-14/h3-9,18-19H,1-2,11H2. The van der Waals surface area contributed by atoms with Gasteiger partial charge in [0.1, 0.15) is 5.00 Å². The summed E-state index contributed by atoms with van der Waals surface area (Å²) in [5.41, 5.74) is 2.45. The van der Waals surface area contributed by atoms with Crippen LogP contribution in [0.25, 0.3) is 5.57 Å². The minimum Gasteiger partial charge on any atom is -0.368 e. The van der Waals surface area contributed by atoms with Crippen molar-refractivity contribution in [3.05, 3.63) is 71.9 Å². The van der Waals surface area contributed by atoms with Crippen LogP contribution in [0.4, 0.5) is 5.00 Å². The fraction of sp³-hybridized carbons (Fsp3) is 0.0625. The van der Waals surface area contributed by atoms with Crippen LogP contribution in [0, 0.1) is 11.3 Å². The Morgan fingerprint density at radius 2 is 1.95 bits per heavy atom. The van der Waals surface area contributed by atoms with Crippen LogP contribution in [-0.2, 0) is 6.54 Å². The Labute approximate surface area is 122 Å². The van der Waals surface area contributed by atoms with E-state index in [1.807, 2.05) is 41.8 Å². The topological polar surface area (TPSA) is 47.8 Å². The first-order valence-electron chi connectivity index (χ1n) is 6.11. The van der Waals surface area contributed by atoms with Gasteiger partial charge >= 0.3 is 0 Å². The van der Waals surface area contributed by atoms with E-state index in [1.165, 1.54) is 16.9 Å². The summed E-state index contributed by atoms with van der Waals surface area (Å²) in [5, 5.41) is 18.1. The fourth-order valence-corrected chi connectivity index (χ4v) is 2.53. The van der Waals surface area contributed by atoms with E-state index >= 15 is 0 Å². The normalized spacial score (nSPS) is 9.55. The lowest BCUT2D eigenvalue weighted by atomic mass is 10.2. The molecule has 0 aliphatic rings. The highest BCUT2D eigenvalue weighted by atomic mass is 32.1. The summed E-state index contributed by atoms with van der Waals surface area (Å²) in [4.78, 5) is 0. The predicted molar refractivity (Wildman–Crippen MR) is 85.0 cm³/mol. The Bertz CT molecular complexity index is 650. The van der Waals surface area contributed by atoms with Crippen molar-refractivity contribution in [2.75, 3.05) is 5.32 Å². The van der Waals surface area contributed by atoms with Crippen molar-refractivity contribution in [2.24, 2.45) is 0 Å². The Hall–Kier alpha value is -2.51. The van der Waals surface area contributed by atoms with Gasteiger partial charge in [-0.2, -0.15) is 5.26 Å². The number of hydrogen-bond donors (Lipinski definition) is 2. The molecule has 0 aliphatic heterocycles. The highest BCUT2D eigenvalue weighted by molar-refractivity contribution is 7.14. The molecule has 0 unspecified atom stereocenters. The highest BCUT2D eigenvalue weighted by Crippen LogP contribution is 2.29. The van der Waals surface area contributed by atoms with Crippen LogP contribution in [0.2, 0.25) is 0 Å². The van der Waals surface area contributed by atoms with E-state index < -0.39 is 0 Å². The average molecular weight is 281 g/mol. The van der Waals surface area contributed by atoms with Crippen molar-refractivity contribution in [2.45, 2.75) is 6.54 Å². The minimum atomic E-state index is 0.449. The third-order valence-electron chi connectivity index (χ3n) is 2.74. The molecule has 2 aromatic rings. The van der Waals surface area contributed by atoms with E-state index in [-0.39, 0.29) is 0 Å². The summed E-state index contributed by atoms with van der Waals surface area (Å²) in [7, 11) is 0. The molecule has 0 fully saturated rings. The van der Waals surface area contributed by atoms with Gasteiger partial charge in [-0.15, -0.1) is 11.3 Å². The molecule has 0 saturated carbocycles. The lowest BCUT2D eigenvalue weighted by Crippen LogP contribution is -2.18. The molecule has 0 spiro atoms. The molecule has 20 heavy (non-hydrogen) atoms. The summed E-state index contributed by atoms with van der Waals surface area (Å²) in [6.45, 7) is 8.38. The van der Waals surface area contributed by atoms with Crippen LogP contribution in [0.5, 0.6) is 0 Å². The van der Waals surface area contributed by atoms with Gasteiger partial charge < -0.3 is 10.6 Å². The molecule has 0 bridgehead atoms. The van der Waals surface area contributed by atoms with Gasteiger partial charge in [-0.25, -0.2) is 0 Å². The zero-order valence-electron chi connectivity index (χ0n) is 11.0. The van der Waals surface area contributed by atoms with Gasteiger partial charge in [0.25, 0.3) is 0 Å². The molecule has 0 radical (unpaired) electrons. The van der Waals surface area contributed by atoms with Crippen LogP contribution >= 0.6 is 11.3 Å². The second-order valence-corrected chi connectivity index (χ2v) is 5.11. The molecule has 0 atom stereocenters. The van der Waals surface area contributed by atoms with Gasteiger partial charge in [0.05, 0.1) is 17.5 Å². The first kappa shape index (κ1) is 13.9. The molecule has 0 amide bonds. The lowest BCUT2D eigenvalue weighted by Gasteiger charge is -2.12. The number of hydrogen-bond acceptors (Lipinski definition) is 4. The second kappa shape index (κ2) is 6.60. The predicted octanol–water partition coefficient (Wildman–Crippen LogP) is 3.96. The van der Waals surface area contributed by atoms with Crippen LogP contribution in [0.1, 0.15) is 11.1 Å². The van der Waals surface area contributed by atoms with Crippen LogP contribution in [0.15, 0.2) is 60.8 Å². The quantitative estimate of drug-likeness (QED) is 0.788. The molecule has 0 saturated heterocycles. The van der Waals surface area contributed by atoms with Crippen molar-refractivity contribution in [1.29, 1.82) is 5.26 Å². The van der Waals surface area contributed by atoms with E-state index in [1.54, 1.807) is 0 Å². The Kier molecular flexibility index (Phi) is 4.59. The smallest absolute Gasteiger partial charge is 0.102 e. The number of nitriles is 1. The number of nitrogens with one attached hydrogen (secondary N) is 2. The summed E-state index contributed by atoms with van der Waals surface area (Å²) in [5.74, 6) is 0.697. The van der Waals surface area contributed by atoms with E-state index in [2.05, 4.69) is 29.9 Å². The van der Waals surface area contributed by atoms with E-state index in [9.17, 15) is 0 Å². The lowest BCUT2D eigenvalue weighted by molar-refractivity contribution is 0.821. The maximum Gasteiger partial charge on any atom is 0.102 e. The summed E-state index contributed by atoms with van der Waals surface area (Å²) in [6, 6.07) is 14.0. The molecular formula is C16H15N3S. The molecule has 1 aromatic carbocycles. The van der Waals surface area contributed by atoms with Crippen molar-refractivity contribution in [3.8, 4) is 6.07 Å². The molecular weight excluding hydrogens is 266 g/mol. The number of nitrogens with zero attached hydrogens (tertiary/aromatic N) is 1. The number of rotatable bonds is 6. The van der Waals surface area contributed by atoms with Crippen molar-refractivity contribution in [3.63, 3.8) is 0 Å². The maximum atomic E-state index is 8.91. The van der Waals surface area contributed by atoms with Crippen molar-refractivity contribution < 1.29 is 0 Å². The zero-order chi connectivity index (χ0) is 14.4. The van der Waals surface area contributed by atoms with Crippen LogP contribution < -0.4 is 10.6 Å². The Balaban J connectivity index is 1.94. The summed E-state index contributed by atoms with van der Waals surface area (Å²) in [6.07, 6.45) is 0. The first-order valence-corrected chi connectivity index (χ1v) is 6.99. The van der Waals surface area contributed by atoms with Crippen LogP contribution in [-0.4, -0.2) is 0 Å². The first-order chi connectivity index (χ1) is 9.70. The molecule has 3 nitrogen and oxygen atoms in total. The third-order valence-corrected chi connectivity index (χ3v) is 3.57. The second-order valence-electron chi connectivity index (χ2n) is 4.20. The van der Waals surface area contributed by atoms with Crippen molar-refractivity contribution in [1.82, 2.24) is 5.32 Å². The number of anilines is 1. The maximum absolute atomic E-state index is 8.91. The van der Waals surface area contributed by atoms with E-state index in [4.69, 9.17) is 5.26 Å². The number of allylic oxidation sites excluding steroid dienone is 1. The molecule has 2 rings (SSSR count). The highest BCUT2D eigenvalue weighted by Gasteiger charge is 2.07. The van der Waals surface area contributed by atoms with Gasteiger partial charge in [-0.3, -0.25) is 0 Å². The Morgan fingerprint density at radius 3 is 2.65 bits per heavy atom. The third kappa shape index (κ3) is 3.50. The average Bonchev–Trinajstić information content (AvgIpc) is 2.93. The van der Waals surface area contributed by atoms with Gasteiger partial charge in [0.2, 0.25) is 0 Å². The zero-order valence-corrected chi connectivity index (χ0v) is 11.8. The molecule has 0 aliphatic carbocycles. The van der Waals surface area contributed by atoms with Gasteiger partial charge in [-0.1, -0.05) is 43.5 Å². The molecule has 1 heterocycles. The van der Waals surface area contributed by atoms with Gasteiger partial charge in [0, 0.05) is 12.1 Å². The van der Waals surface area contributed by atoms with Crippen molar-refractivity contribution >= 4 is 21.9 Å². The molecule has 1 aromatic heterocycles. The minimum absolute atomic E-state index is 0.449. The molecule has 4 heteroatoms. The van der Waals surface area contributed by atoms with E-state index in [0.717, 1.165) is 10.6 Å². The van der Waals surface area contributed by atoms with E-state index in [0.29, 0.717) is 17.9 Å². The largest absolute Gasteiger partial charge is 0.368 e. The molecule has 100 valence electrons. The molecule has 2 N–H and O–H groups in total. The summed E-state index contributed by atoms with van der Waals surface area (Å²) < 4.78 is 0. The van der Waals surface area contributed by atoms with Gasteiger partial charge in [0.15, 0.2) is 0 Å². The van der Waals surface area contributed by atoms with Crippen LogP contribution in [0.3, 0.4) is 0 Å². The SMILES string of the molecule is C=C(NCc1ccccc1)Nc1sccc1C(=C)C#N. The Morgan fingerprint density at radius 1 is 1.20 bits per heavy atom. The monoisotopic (exact) mass is 281 g/mol.